The maximum atomic E-state index is 13.4. The Morgan fingerprint density at radius 1 is 1.18 bits per heavy atom. The van der Waals surface area contributed by atoms with E-state index >= 15 is 0 Å². The molecule has 2 aromatic heterocycles. The molecule has 1 unspecified atom stereocenters. The molecular weight excluding hydrogens is 372 g/mol. The Hall–Kier alpha value is -3.06. The third-order valence-electron chi connectivity index (χ3n) is 4.75. The summed E-state index contributed by atoms with van der Waals surface area (Å²) in [5, 5.41) is 5.86. The largest absolute Gasteiger partial charge is 0.366 e. The van der Waals surface area contributed by atoms with E-state index in [9.17, 15) is 9.59 Å². The normalized spacial score (nSPS) is 16.0. The number of rotatable bonds is 3. The Morgan fingerprint density at radius 3 is 2.68 bits per heavy atom. The fraction of sp³-hybridized carbons (Fsp3) is 0.190. The summed E-state index contributed by atoms with van der Waals surface area (Å²) in [6, 6.07) is 11.2. The van der Waals surface area contributed by atoms with E-state index in [1.165, 1.54) is 16.7 Å². The van der Waals surface area contributed by atoms with Crippen LogP contribution in [0.25, 0.3) is 10.9 Å². The lowest BCUT2D eigenvalue weighted by atomic mass is 10.0. The smallest absolute Gasteiger partial charge is 0.328 e. The Labute approximate surface area is 167 Å². The second-order valence-corrected chi connectivity index (χ2v) is 7.78. The van der Waals surface area contributed by atoms with Gasteiger partial charge in [-0.3, -0.25) is 14.3 Å². The number of Topliss-reactive ketones (excluding diaryl/α,β-unsaturated/α-hetero) is 1. The number of fused-ring (bicyclic) bond motifs is 1. The molecule has 3 heterocycles. The monoisotopic (exact) mass is 392 g/mol. The van der Waals surface area contributed by atoms with Gasteiger partial charge in [-0.05, 0) is 19.1 Å². The average molecular weight is 392 g/mol. The Bertz CT molecular complexity index is 1100. The number of nitrogens with zero attached hydrogens (tertiary/aromatic N) is 3. The van der Waals surface area contributed by atoms with Crippen LogP contribution in [0.5, 0.6) is 0 Å². The quantitative estimate of drug-likeness (QED) is 0.684. The van der Waals surface area contributed by atoms with E-state index in [0.29, 0.717) is 17.0 Å². The van der Waals surface area contributed by atoms with Gasteiger partial charge in [-0.2, -0.15) is 0 Å². The van der Waals surface area contributed by atoms with Crippen LogP contribution in [-0.4, -0.2) is 40.4 Å². The molecule has 1 atom stereocenters. The number of allylic oxidation sites excluding steroid dienone is 1. The van der Waals surface area contributed by atoms with Crippen LogP contribution in [0.2, 0.25) is 0 Å². The van der Waals surface area contributed by atoms with Crippen molar-refractivity contribution in [2.24, 2.45) is 0 Å². The molecule has 1 amide bonds. The van der Waals surface area contributed by atoms with E-state index in [4.69, 9.17) is 0 Å². The minimum Gasteiger partial charge on any atom is -0.366 e. The molecule has 142 valence electrons. The maximum Gasteiger partial charge on any atom is 0.328 e. The summed E-state index contributed by atoms with van der Waals surface area (Å²) >= 11 is 1.54. The first kappa shape index (κ1) is 18.3. The number of thioether (sulfide) groups is 1. The second kappa shape index (κ2) is 7.16. The molecule has 0 spiro atoms. The number of carbonyl (C=O) groups is 2. The van der Waals surface area contributed by atoms with Gasteiger partial charge in [0, 0.05) is 48.5 Å². The van der Waals surface area contributed by atoms with Crippen LogP contribution in [0.4, 0.5) is 4.79 Å². The molecule has 0 saturated carbocycles. The molecule has 1 aliphatic rings. The molecule has 0 fully saturated rings. The molecule has 6 nitrogen and oxygen atoms in total. The zero-order chi connectivity index (χ0) is 19.8. The highest BCUT2D eigenvalue weighted by Crippen LogP contribution is 2.36. The van der Waals surface area contributed by atoms with Crippen LogP contribution >= 0.6 is 11.8 Å². The van der Waals surface area contributed by atoms with Gasteiger partial charge in [0.2, 0.25) is 5.78 Å². The molecule has 0 radical (unpaired) electrons. The Morgan fingerprint density at radius 2 is 1.96 bits per heavy atom. The van der Waals surface area contributed by atoms with Crippen LogP contribution < -0.4 is 5.32 Å². The number of pyridine rings is 1. The van der Waals surface area contributed by atoms with Crippen LogP contribution in [0, 0.1) is 6.92 Å². The zero-order valence-corrected chi connectivity index (χ0v) is 16.7. The summed E-state index contributed by atoms with van der Waals surface area (Å²) in [5.41, 5.74) is 3.46. The Balaban J connectivity index is 1.73. The summed E-state index contributed by atoms with van der Waals surface area (Å²) in [6.07, 6.45) is 3.52. The van der Waals surface area contributed by atoms with Crippen molar-refractivity contribution in [2.45, 2.75) is 12.3 Å². The van der Waals surface area contributed by atoms with Crippen molar-refractivity contribution in [1.29, 1.82) is 0 Å². The van der Waals surface area contributed by atoms with Crippen molar-refractivity contribution in [2.75, 3.05) is 14.1 Å². The highest BCUT2D eigenvalue weighted by Gasteiger charge is 2.29. The minimum atomic E-state index is -0.177. The first-order valence-corrected chi connectivity index (χ1v) is 9.82. The van der Waals surface area contributed by atoms with E-state index in [2.05, 4.69) is 10.3 Å². The van der Waals surface area contributed by atoms with E-state index < -0.39 is 0 Å². The third-order valence-corrected chi connectivity index (χ3v) is 5.79. The second-order valence-electron chi connectivity index (χ2n) is 6.80. The number of benzene rings is 1. The fourth-order valence-corrected chi connectivity index (χ4v) is 4.33. The third kappa shape index (κ3) is 2.97. The van der Waals surface area contributed by atoms with Crippen molar-refractivity contribution in [3.63, 3.8) is 0 Å². The van der Waals surface area contributed by atoms with Gasteiger partial charge in [0.1, 0.15) is 5.37 Å². The SMILES string of the molecule is Cc1c(C(=O)C2=CSC(c3cccnc3)N2)c2ccccc2n1C(=O)N(C)C. The molecule has 1 aromatic carbocycles. The number of amides is 1. The molecule has 1 aliphatic heterocycles. The van der Waals surface area contributed by atoms with Crippen LogP contribution in [0.3, 0.4) is 0 Å². The predicted octanol–water partition coefficient (Wildman–Crippen LogP) is 3.93. The lowest BCUT2D eigenvalue weighted by molar-refractivity contribution is 0.102. The average Bonchev–Trinajstić information content (AvgIpc) is 3.30. The van der Waals surface area contributed by atoms with Gasteiger partial charge in [-0.25, -0.2) is 4.79 Å². The number of nitrogens with one attached hydrogen (secondary N) is 1. The van der Waals surface area contributed by atoms with Crippen molar-refractivity contribution < 1.29 is 9.59 Å². The summed E-state index contributed by atoms with van der Waals surface area (Å²) in [6.45, 7) is 1.82. The van der Waals surface area contributed by atoms with Crippen molar-refractivity contribution in [3.8, 4) is 0 Å². The summed E-state index contributed by atoms with van der Waals surface area (Å²) < 4.78 is 1.60. The molecule has 4 rings (SSSR count). The van der Waals surface area contributed by atoms with Gasteiger partial charge in [-0.15, -0.1) is 11.8 Å². The molecule has 1 N–H and O–H groups in total. The van der Waals surface area contributed by atoms with Crippen molar-refractivity contribution in [1.82, 2.24) is 19.8 Å². The highest BCUT2D eigenvalue weighted by atomic mass is 32.2. The minimum absolute atomic E-state index is 0.0512. The van der Waals surface area contributed by atoms with E-state index in [0.717, 1.165) is 16.5 Å². The number of hydrogen-bond donors (Lipinski definition) is 1. The topological polar surface area (TPSA) is 67.2 Å². The van der Waals surface area contributed by atoms with E-state index in [1.54, 1.807) is 31.1 Å². The first-order chi connectivity index (χ1) is 13.5. The fourth-order valence-electron chi connectivity index (χ4n) is 3.39. The zero-order valence-electron chi connectivity index (χ0n) is 15.8. The maximum absolute atomic E-state index is 13.4. The molecule has 7 heteroatoms. The van der Waals surface area contributed by atoms with E-state index in [-0.39, 0.29) is 17.2 Å². The number of hydrogen-bond acceptors (Lipinski definition) is 5. The van der Waals surface area contributed by atoms with Gasteiger partial charge in [0.15, 0.2) is 0 Å². The van der Waals surface area contributed by atoms with Crippen molar-refractivity contribution >= 4 is 34.5 Å². The van der Waals surface area contributed by atoms with Gasteiger partial charge in [0.05, 0.1) is 16.8 Å². The molecular formula is C21H20N4O2S. The number of para-hydroxylation sites is 1. The van der Waals surface area contributed by atoms with Crippen molar-refractivity contribution in [3.05, 3.63) is 76.7 Å². The van der Waals surface area contributed by atoms with Gasteiger partial charge >= 0.3 is 6.03 Å². The molecule has 0 saturated heterocycles. The lowest BCUT2D eigenvalue weighted by Gasteiger charge is -2.14. The van der Waals surface area contributed by atoms with Crippen LogP contribution in [-0.2, 0) is 0 Å². The van der Waals surface area contributed by atoms with Crippen LogP contribution in [0.15, 0.2) is 59.9 Å². The van der Waals surface area contributed by atoms with Gasteiger partial charge in [0.25, 0.3) is 0 Å². The number of ketones is 1. The van der Waals surface area contributed by atoms with E-state index in [1.807, 2.05) is 48.7 Å². The highest BCUT2D eigenvalue weighted by molar-refractivity contribution is 8.02. The summed E-state index contributed by atoms with van der Waals surface area (Å²) in [5.74, 6) is -0.113. The Kier molecular flexibility index (Phi) is 4.68. The predicted molar refractivity (Wildman–Crippen MR) is 111 cm³/mol. The first-order valence-electron chi connectivity index (χ1n) is 8.87. The standard InChI is InChI=1S/C21H20N4O2S/c1-13-18(15-8-4-5-9-17(15)25(13)21(27)24(2)3)19(26)16-12-28-20(23-16)14-7-6-10-22-11-14/h4-12,20,23H,1-3H3. The number of carbonyl (C=O) groups excluding carboxylic acids is 2. The molecule has 0 aliphatic carbocycles. The molecule has 28 heavy (non-hydrogen) atoms. The summed E-state index contributed by atoms with van der Waals surface area (Å²) in [7, 11) is 3.41. The number of aromatic nitrogens is 2. The lowest BCUT2D eigenvalue weighted by Crippen LogP contribution is -2.28. The van der Waals surface area contributed by atoms with Gasteiger partial charge in [-0.1, -0.05) is 24.3 Å². The summed E-state index contributed by atoms with van der Waals surface area (Å²) in [4.78, 5) is 31.7. The molecule has 0 bridgehead atoms. The van der Waals surface area contributed by atoms with Crippen LogP contribution in [0.1, 0.15) is 27.0 Å². The van der Waals surface area contributed by atoms with Gasteiger partial charge < -0.3 is 10.2 Å². The molecule has 3 aromatic rings.